The van der Waals surface area contributed by atoms with Gasteiger partial charge in [0.1, 0.15) is 0 Å². The third kappa shape index (κ3) is 3.23. The van der Waals surface area contributed by atoms with E-state index in [1.54, 1.807) is 30.3 Å². The van der Waals surface area contributed by atoms with E-state index in [1.807, 2.05) is 6.07 Å². The Balaban J connectivity index is 2.54. The zero-order valence-electron chi connectivity index (χ0n) is 9.70. The van der Waals surface area contributed by atoms with Crippen LogP contribution in [0.3, 0.4) is 0 Å². The molecule has 1 N–H and O–H groups in total. The zero-order chi connectivity index (χ0) is 11.5. The molecule has 0 spiro atoms. The smallest absolute Gasteiger partial charge is 0.316 e. The maximum Gasteiger partial charge on any atom is 0.316 e. The van der Waals surface area contributed by atoms with E-state index in [0.29, 0.717) is 6.54 Å². The second-order valence-electron chi connectivity index (χ2n) is 4.41. The lowest BCUT2D eigenvalue weighted by molar-refractivity contribution is 0.215. The maximum absolute atomic E-state index is 11.4. The molecular weight excluding hydrogens is 208 g/mol. The Morgan fingerprint density at radius 3 is 2.67 bits per heavy atom. The van der Waals surface area contributed by atoms with Gasteiger partial charge in [-0.3, -0.25) is 0 Å². The highest BCUT2D eigenvalue weighted by Crippen LogP contribution is 2.26. The van der Waals surface area contributed by atoms with Gasteiger partial charge in [-0.2, -0.15) is 0 Å². The van der Waals surface area contributed by atoms with Crippen LogP contribution in [0.2, 0.25) is 0 Å². The fraction of sp³-hybridized carbons (Fsp3) is 0.545. The van der Waals surface area contributed by atoms with E-state index in [-0.39, 0.29) is 11.4 Å². The average Bonchev–Trinajstić information content (AvgIpc) is 2.67. The van der Waals surface area contributed by atoms with Crippen LogP contribution in [0.5, 0.6) is 0 Å². The molecule has 0 atom stereocenters. The van der Waals surface area contributed by atoms with Crippen LogP contribution in [-0.4, -0.2) is 31.6 Å². The summed E-state index contributed by atoms with van der Waals surface area (Å²) in [5.74, 6) is 0. The van der Waals surface area contributed by atoms with E-state index < -0.39 is 0 Å². The summed E-state index contributed by atoms with van der Waals surface area (Å²) >= 11 is 1.73. The summed E-state index contributed by atoms with van der Waals surface area (Å²) in [6.45, 7) is 4.92. The lowest BCUT2D eigenvalue weighted by atomic mass is 9.91. The van der Waals surface area contributed by atoms with Crippen molar-refractivity contribution >= 4 is 17.4 Å². The summed E-state index contributed by atoms with van der Waals surface area (Å²) in [6.07, 6.45) is 0. The number of amides is 2. The predicted molar refractivity (Wildman–Crippen MR) is 64.4 cm³/mol. The monoisotopic (exact) mass is 226 g/mol. The Bertz CT molecular complexity index is 317. The quantitative estimate of drug-likeness (QED) is 0.842. The fourth-order valence-corrected chi connectivity index (χ4v) is 2.06. The van der Waals surface area contributed by atoms with Crippen LogP contribution >= 0.6 is 11.3 Å². The summed E-state index contributed by atoms with van der Waals surface area (Å²) < 4.78 is 0. The Labute approximate surface area is 95.1 Å². The van der Waals surface area contributed by atoms with Gasteiger partial charge in [0.2, 0.25) is 0 Å². The molecule has 0 saturated carbocycles. The molecule has 15 heavy (non-hydrogen) atoms. The van der Waals surface area contributed by atoms with Crippen LogP contribution in [0.1, 0.15) is 18.7 Å². The van der Waals surface area contributed by atoms with E-state index in [0.717, 1.165) is 0 Å². The van der Waals surface area contributed by atoms with Crippen molar-refractivity contribution in [2.75, 3.05) is 20.6 Å². The van der Waals surface area contributed by atoms with Gasteiger partial charge in [-0.1, -0.05) is 19.9 Å². The average molecular weight is 226 g/mol. The van der Waals surface area contributed by atoms with Gasteiger partial charge in [0, 0.05) is 30.9 Å². The summed E-state index contributed by atoms with van der Waals surface area (Å²) in [7, 11) is 3.49. The number of thiophene rings is 1. The lowest BCUT2D eigenvalue weighted by Gasteiger charge is -2.24. The van der Waals surface area contributed by atoms with Crippen LogP contribution in [0.15, 0.2) is 17.5 Å². The van der Waals surface area contributed by atoms with Crippen molar-refractivity contribution in [3.8, 4) is 0 Å². The van der Waals surface area contributed by atoms with E-state index in [1.165, 1.54) is 4.88 Å². The van der Waals surface area contributed by atoms with Gasteiger partial charge < -0.3 is 10.2 Å². The van der Waals surface area contributed by atoms with Crippen LogP contribution in [0, 0.1) is 0 Å². The molecule has 1 aromatic heterocycles. The molecule has 0 saturated heterocycles. The highest BCUT2D eigenvalue weighted by Gasteiger charge is 2.22. The van der Waals surface area contributed by atoms with Crippen LogP contribution in [-0.2, 0) is 5.41 Å². The second-order valence-corrected chi connectivity index (χ2v) is 5.36. The van der Waals surface area contributed by atoms with E-state index >= 15 is 0 Å². The third-order valence-electron chi connectivity index (χ3n) is 2.28. The molecule has 4 heteroatoms. The number of urea groups is 1. The largest absolute Gasteiger partial charge is 0.337 e. The van der Waals surface area contributed by atoms with E-state index in [2.05, 4.69) is 30.6 Å². The Hall–Kier alpha value is -1.03. The van der Waals surface area contributed by atoms with Crippen LogP contribution in [0.25, 0.3) is 0 Å². The molecule has 84 valence electrons. The van der Waals surface area contributed by atoms with Gasteiger partial charge in [-0.25, -0.2) is 4.79 Å². The molecule has 2 amide bonds. The molecule has 1 rings (SSSR count). The van der Waals surface area contributed by atoms with Gasteiger partial charge in [-0.15, -0.1) is 11.3 Å². The first kappa shape index (κ1) is 12.0. The number of carbonyl (C=O) groups excluding carboxylic acids is 1. The molecule has 1 heterocycles. The van der Waals surface area contributed by atoms with Crippen molar-refractivity contribution in [3.05, 3.63) is 22.4 Å². The molecule has 0 unspecified atom stereocenters. The SMILES string of the molecule is CN(C)C(=O)NCC(C)(C)c1cccs1. The van der Waals surface area contributed by atoms with Crippen molar-refractivity contribution in [1.82, 2.24) is 10.2 Å². The number of hydrogen-bond acceptors (Lipinski definition) is 2. The normalized spacial score (nSPS) is 11.2. The van der Waals surface area contributed by atoms with Gasteiger partial charge >= 0.3 is 6.03 Å². The Kier molecular flexibility index (Phi) is 3.74. The summed E-state index contributed by atoms with van der Waals surface area (Å²) in [6, 6.07) is 4.10. The summed E-state index contributed by atoms with van der Waals surface area (Å²) in [4.78, 5) is 14.2. The minimum atomic E-state index is -0.0420. The summed E-state index contributed by atoms with van der Waals surface area (Å²) in [5, 5.41) is 4.96. The highest BCUT2D eigenvalue weighted by molar-refractivity contribution is 7.10. The zero-order valence-corrected chi connectivity index (χ0v) is 10.5. The number of carbonyl (C=O) groups is 1. The number of rotatable bonds is 3. The Morgan fingerprint density at radius 1 is 1.53 bits per heavy atom. The molecular formula is C11H18N2OS. The molecule has 1 aromatic rings. The lowest BCUT2D eigenvalue weighted by Crippen LogP contribution is -2.41. The fourth-order valence-electron chi connectivity index (χ4n) is 1.21. The van der Waals surface area contributed by atoms with Crippen molar-refractivity contribution < 1.29 is 4.79 Å². The van der Waals surface area contributed by atoms with E-state index in [9.17, 15) is 4.79 Å². The molecule has 3 nitrogen and oxygen atoms in total. The van der Waals surface area contributed by atoms with Crippen LogP contribution < -0.4 is 5.32 Å². The highest BCUT2D eigenvalue weighted by atomic mass is 32.1. The molecule has 0 fully saturated rings. The maximum atomic E-state index is 11.4. The Morgan fingerprint density at radius 2 is 2.20 bits per heavy atom. The standard InChI is InChI=1S/C11H18N2OS/c1-11(2,9-6-5-7-15-9)8-12-10(14)13(3)4/h5-7H,8H2,1-4H3,(H,12,14). The molecule has 0 bridgehead atoms. The van der Waals surface area contributed by atoms with Gasteiger partial charge in [0.05, 0.1) is 0 Å². The molecule has 0 aliphatic rings. The van der Waals surface area contributed by atoms with E-state index in [4.69, 9.17) is 0 Å². The third-order valence-corrected chi connectivity index (χ3v) is 3.51. The van der Waals surface area contributed by atoms with Gasteiger partial charge in [0.25, 0.3) is 0 Å². The van der Waals surface area contributed by atoms with Crippen molar-refractivity contribution in [2.24, 2.45) is 0 Å². The molecule has 0 aliphatic heterocycles. The van der Waals surface area contributed by atoms with Gasteiger partial charge in [-0.05, 0) is 11.4 Å². The second kappa shape index (κ2) is 4.66. The minimum Gasteiger partial charge on any atom is -0.337 e. The minimum absolute atomic E-state index is 0.000162. The topological polar surface area (TPSA) is 32.3 Å². The first-order valence-corrected chi connectivity index (χ1v) is 5.80. The van der Waals surface area contributed by atoms with Crippen molar-refractivity contribution in [3.63, 3.8) is 0 Å². The van der Waals surface area contributed by atoms with Crippen molar-refractivity contribution in [1.29, 1.82) is 0 Å². The molecule has 0 radical (unpaired) electrons. The molecule has 0 aromatic carbocycles. The summed E-state index contributed by atoms with van der Waals surface area (Å²) in [5.41, 5.74) is -0.000162. The number of hydrogen-bond donors (Lipinski definition) is 1. The van der Waals surface area contributed by atoms with Crippen LogP contribution in [0.4, 0.5) is 4.79 Å². The van der Waals surface area contributed by atoms with Gasteiger partial charge in [0.15, 0.2) is 0 Å². The van der Waals surface area contributed by atoms with Crippen molar-refractivity contribution in [2.45, 2.75) is 19.3 Å². The predicted octanol–water partition coefficient (Wildman–Crippen LogP) is 2.30. The first-order chi connectivity index (χ1) is 6.93. The first-order valence-electron chi connectivity index (χ1n) is 4.92. The number of nitrogens with one attached hydrogen (secondary N) is 1. The number of nitrogens with zero attached hydrogens (tertiary/aromatic N) is 1. The molecule has 0 aliphatic carbocycles.